The molecule has 22 heavy (non-hydrogen) atoms. The van der Waals surface area contributed by atoms with Crippen molar-refractivity contribution in [3.63, 3.8) is 0 Å². The first-order valence-electron chi connectivity index (χ1n) is 7.90. The Kier molecular flexibility index (Phi) is 4.46. The van der Waals surface area contributed by atoms with Crippen LogP contribution in [0, 0.1) is 0 Å². The van der Waals surface area contributed by atoms with Crippen molar-refractivity contribution in [3.05, 3.63) is 24.3 Å². The zero-order chi connectivity index (χ0) is 15.4. The van der Waals surface area contributed by atoms with Crippen molar-refractivity contribution in [3.8, 4) is 0 Å². The van der Waals surface area contributed by atoms with Crippen LogP contribution in [0.15, 0.2) is 24.3 Å². The van der Waals surface area contributed by atoms with E-state index in [-0.39, 0.29) is 18.5 Å². The molecule has 0 bridgehead atoms. The van der Waals surface area contributed by atoms with Gasteiger partial charge in [0, 0.05) is 30.5 Å². The Labute approximate surface area is 130 Å². The predicted molar refractivity (Wildman–Crippen MR) is 86.1 cm³/mol. The summed E-state index contributed by atoms with van der Waals surface area (Å²) in [6.45, 7) is 2.18. The number of benzene rings is 1. The summed E-state index contributed by atoms with van der Waals surface area (Å²) in [5.41, 5.74) is 1.94. The van der Waals surface area contributed by atoms with E-state index in [1.54, 1.807) is 0 Å². The molecule has 1 saturated carbocycles. The fourth-order valence-corrected chi connectivity index (χ4v) is 2.56. The number of rotatable bonds is 5. The highest BCUT2D eigenvalue weighted by Gasteiger charge is 2.23. The minimum Gasteiger partial charge on any atom is -0.372 e. The Hall–Kier alpha value is -2.24. The van der Waals surface area contributed by atoms with Crippen LogP contribution >= 0.6 is 0 Å². The van der Waals surface area contributed by atoms with Crippen molar-refractivity contribution in [1.82, 2.24) is 10.6 Å². The molecular formula is C16H22N4O2. The summed E-state index contributed by atoms with van der Waals surface area (Å²) in [7, 11) is 0. The second-order valence-corrected chi connectivity index (χ2v) is 5.89. The average molecular weight is 302 g/mol. The van der Waals surface area contributed by atoms with Crippen LogP contribution in [0.2, 0.25) is 0 Å². The molecule has 3 rings (SSSR count). The summed E-state index contributed by atoms with van der Waals surface area (Å²) >= 11 is 0. The van der Waals surface area contributed by atoms with Crippen LogP contribution in [-0.4, -0.2) is 37.6 Å². The Morgan fingerprint density at radius 1 is 1.09 bits per heavy atom. The van der Waals surface area contributed by atoms with Crippen LogP contribution in [0.4, 0.5) is 16.2 Å². The molecule has 1 aromatic carbocycles. The molecule has 1 aliphatic heterocycles. The molecule has 6 heteroatoms. The summed E-state index contributed by atoms with van der Waals surface area (Å²) in [5.74, 6) is -0.222. The van der Waals surface area contributed by atoms with Gasteiger partial charge in [-0.3, -0.25) is 4.79 Å². The Morgan fingerprint density at radius 2 is 1.77 bits per heavy atom. The zero-order valence-corrected chi connectivity index (χ0v) is 12.6. The first-order chi connectivity index (χ1) is 10.7. The van der Waals surface area contributed by atoms with Crippen molar-refractivity contribution in [1.29, 1.82) is 0 Å². The lowest BCUT2D eigenvalue weighted by Gasteiger charge is -2.17. The van der Waals surface area contributed by atoms with E-state index < -0.39 is 0 Å². The van der Waals surface area contributed by atoms with Gasteiger partial charge in [0.25, 0.3) is 0 Å². The molecule has 1 aliphatic carbocycles. The van der Waals surface area contributed by atoms with E-state index in [1.165, 1.54) is 18.5 Å². The van der Waals surface area contributed by atoms with Crippen molar-refractivity contribution in [2.75, 3.05) is 29.9 Å². The third-order valence-corrected chi connectivity index (χ3v) is 3.94. The second-order valence-electron chi connectivity index (χ2n) is 5.89. The lowest BCUT2D eigenvalue weighted by molar-refractivity contribution is -0.115. The number of carbonyl (C=O) groups excluding carboxylic acids is 2. The summed E-state index contributed by atoms with van der Waals surface area (Å²) in [6, 6.07) is 7.86. The van der Waals surface area contributed by atoms with Crippen molar-refractivity contribution >= 4 is 23.3 Å². The Balaban J connectivity index is 1.43. The molecule has 1 heterocycles. The molecule has 1 aromatic rings. The maximum Gasteiger partial charge on any atom is 0.315 e. The number of carbonyl (C=O) groups is 2. The molecule has 0 atom stereocenters. The largest absolute Gasteiger partial charge is 0.372 e. The SMILES string of the molecule is O=C(CNC(=O)NC1CC1)Nc1ccc(N2CCCC2)cc1. The monoisotopic (exact) mass is 302 g/mol. The maximum atomic E-state index is 11.8. The van der Waals surface area contributed by atoms with Gasteiger partial charge in [-0.15, -0.1) is 0 Å². The molecule has 0 unspecified atom stereocenters. The van der Waals surface area contributed by atoms with Crippen molar-refractivity contribution < 1.29 is 9.59 Å². The van der Waals surface area contributed by atoms with Gasteiger partial charge in [0.15, 0.2) is 0 Å². The third-order valence-electron chi connectivity index (χ3n) is 3.94. The van der Waals surface area contributed by atoms with Gasteiger partial charge >= 0.3 is 6.03 Å². The van der Waals surface area contributed by atoms with E-state index in [2.05, 4.69) is 20.9 Å². The summed E-state index contributed by atoms with van der Waals surface area (Å²) in [5, 5.41) is 8.12. The van der Waals surface area contributed by atoms with Crippen LogP contribution in [0.5, 0.6) is 0 Å². The van der Waals surface area contributed by atoms with Crippen LogP contribution in [-0.2, 0) is 4.79 Å². The van der Waals surface area contributed by atoms with Crippen molar-refractivity contribution in [2.45, 2.75) is 31.7 Å². The third kappa shape index (κ3) is 4.13. The van der Waals surface area contributed by atoms with E-state index in [9.17, 15) is 9.59 Å². The molecule has 6 nitrogen and oxygen atoms in total. The molecule has 1 saturated heterocycles. The summed E-state index contributed by atoms with van der Waals surface area (Å²) in [4.78, 5) is 25.6. The van der Waals surface area contributed by atoms with Gasteiger partial charge in [-0.05, 0) is 49.9 Å². The number of hydrogen-bond donors (Lipinski definition) is 3. The lowest BCUT2D eigenvalue weighted by atomic mass is 10.2. The van der Waals surface area contributed by atoms with Crippen LogP contribution in [0.1, 0.15) is 25.7 Å². The summed E-state index contributed by atoms with van der Waals surface area (Å²) < 4.78 is 0. The molecule has 0 aromatic heterocycles. The average Bonchev–Trinajstić information content (AvgIpc) is 3.15. The fourth-order valence-electron chi connectivity index (χ4n) is 2.56. The first kappa shape index (κ1) is 14.7. The fraction of sp³-hybridized carbons (Fsp3) is 0.500. The standard InChI is InChI=1S/C16H22N4O2/c21-15(11-17-16(22)19-13-3-4-13)18-12-5-7-14(8-6-12)20-9-1-2-10-20/h5-8,13H,1-4,9-11H2,(H,18,21)(H2,17,19,22). The first-order valence-corrected chi connectivity index (χ1v) is 7.90. The molecule has 0 radical (unpaired) electrons. The van der Waals surface area contributed by atoms with E-state index in [4.69, 9.17) is 0 Å². The van der Waals surface area contributed by atoms with Crippen LogP contribution in [0.3, 0.4) is 0 Å². The van der Waals surface area contributed by atoms with Gasteiger partial charge in [0.1, 0.15) is 0 Å². The highest BCUT2D eigenvalue weighted by molar-refractivity contribution is 5.94. The van der Waals surface area contributed by atoms with E-state index in [0.29, 0.717) is 6.04 Å². The van der Waals surface area contributed by atoms with Crippen molar-refractivity contribution in [2.24, 2.45) is 0 Å². The van der Waals surface area contributed by atoms with E-state index >= 15 is 0 Å². The quantitative estimate of drug-likeness (QED) is 0.775. The number of nitrogens with zero attached hydrogens (tertiary/aromatic N) is 1. The van der Waals surface area contributed by atoms with Gasteiger partial charge in [0.05, 0.1) is 6.54 Å². The predicted octanol–water partition coefficient (Wildman–Crippen LogP) is 1.69. The highest BCUT2D eigenvalue weighted by Crippen LogP contribution is 2.22. The zero-order valence-electron chi connectivity index (χ0n) is 12.6. The Morgan fingerprint density at radius 3 is 2.41 bits per heavy atom. The normalized spacial score (nSPS) is 17.2. The summed E-state index contributed by atoms with van der Waals surface area (Å²) in [6.07, 6.45) is 4.55. The number of urea groups is 1. The lowest BCUT2D eigenvalue weighted by Crippen LogP contribution is -2.40. The molecule has 3 N–H and O–H groups in total. The van der Waals surface area contributed by atoms with Gasteiger partial charge in [0.2, 0.25) is 5.91 Å². The van der Waals surface area contributed by atoms with Crippen LogP contribution < -0.4 is 20.9 Å². The molecule has 0 spiro atoms. The van der Waals surface area contributed by atoms with Gasteiger partial charge in [-0.25, -0.2) is 4.79 Å². The van der Waals surface area contributed by atoms with Gasteiger partial charge in [-0.2, -0.15) is 0 Å². The second kappa shape index (κ2) is 6.68. The van der Waals surface area contributed by atoms with Crippen LogP contribution in [0.25, 0.3) is 0 Å². The van der Waals surface area contributed by atoms with E-state index in [1.807, 2.05) is 24.3 Å². The molecule has 2 fully saturated rings. The smallest absolute Gasteiger partial charge is 0.315 e. The Bertz CT molecular complexity index is 534. The maximum absolute atomic E-state index is 11.8. The minimum absolute atomic E-state index is 0.0214. The van der Waals surface area contributed by atoms with Gasteiger partial charge in [-0.1, -0.05) is 0 Å². The number of hydrogen-bond acceptors (Lipinski definition) is 3. The molecular weight excluding hydrogens is 280 g/mol. The topological polar surface area (TPSA) is 73.5 Å². The minimum atomic E-state index is -0.276. The van der Waals surface area contributed by atoms with E-state index in [0.717, 1.165) is 31.6 Å². The number of amides is 3. The molecule has 118 valence electrons. The molecule has 2 aliphatic rings. The highest BCUT2D eigenvalue weighted by atomic mass is 16.2. The molecule has 3 amide bonds. The van der Waals surface area contributed by atoms with Gasteiger partial charge < -0.3 is 20.9 Å². The number of nitrogens with one attached hydrogen (secondary N) is 3. The number of anilines is 2.